The maximum Gasteiger partial charge on any atom is 0.151 e. The van der Waals surface area contributed by atoms with Crippen molar-refractivity contribution in [2.75, 3.05) is 19.7 Å². The zero-order chi connectivity index (χ0) is 10.5. The maximum atomic E-state index is 5.63. The maximum absolute atomic E-state index is 5.63. The molecule has 1 aromatic rings. The number of aromatic nitrogens is 2. The summed E-state index contributed by atoms with van der Waals surface area (Å²) in [5.41, 5.74) is 0.824. The summed E-state index contributed by atoms with van der Waals surface area (Å²) < 4.78 is 5.56. The van der Waals surface area contributed by atoms with Crippen molar-refractivity contribution in [2.24, 2.45) is 5.92 Å². The van der Waals surface area contributed by atoms with Crippen molar-refractivity contribution in [1.29, 1.82) is 0 Å². The highest BCUT2D eigenvalue weighted by molar-refractivity contribution is 6.29. The Morgan fingerprint density at radius 1 is 1.47 bits per heavy atom. The summed E-state index contributed by atoms with van der Waals surface area (Å²) >= 11 is 5.63. The molecule has 1 aliphatic heterocycles. The molecule has 0 spiro atoms. The summed E-state index contributed by atoms with van der Waals surface area (Å²) in [5, 5.41) is 11.4. The number of hydrogen-bond donors (Lipinski definition) is 1. The summed E-state index contributed by atoms with van der Waals surface area (Å²) in [6.45, 7) is 3.47. The zero-order valence-electron chi connectivity index (χ0n) is 8.45. The Labute approximate surface area is 94.0 Å². The fourth-order valence-electron chi connectivity index (χ4n) is 1.61. The third-order valence-electron chi connectivity index (χ3n) is 2.45. The van der Waals surface area contributed by atoms with E-state index in [1.54, 1.807) is 6.07 Å². The van der Waals surface area contributed by atoms with Crippen molar-refractivity contribution in [3.63, 3.8) is 0 Å². The van der Waals surface area contributed by atoms with E-state index in [2.05, 4.69) is 15.5 Å². The standard InChI is InChI=1S/C10H14ClN3O/c11-10-2-1-9(13-14-10)7-15-6-8-3-4-12-5-8/h1-2,8,12H,3-7H2. The van der Waals surface area contributed by atoms with Gasteiger partial charge in [0.2, 0.25) is 0 Å². The Bertz CT molecular complexity index is 298. The molecule has 0 amide bonds. The second-order valence-corrected chi connectivity index (χ2v) is 4.11. The van der Waals surface area contributed by atoms with E-state index in [9.17, 15) is 0 Å². The average molecular weight is 228 g/mol. The Kier molecular flexibility index (Phi) is 3.88. The minimum atomic E-state index is 0.416. The van der Waals surface area contributed by atoms with Gasteiger partial charge in [-0.15, -0.1) is 5.10 Å². The molecular formula is C10H14ClN3O. The third-order valence-corrected chi connectivity index (χ3v) is 2.65. The molecule has 1 N–H and O–H groups in total. The van der Waals surface area contributed by atoms with Crippen LogP contribution in [-0.4, -0.2) is 29.9 Å². The summed E-state index contributed by atoms with van der Waals surface area (Å²) in [6.07, 6.45) is 1.20. The Hall–Kier alpha value is -0.710. The van der Waals surface area contributed by atoms with Crippen LogP contribution in [0.1, 0.15) is 12.1 Å². The van der Waals surface area contributed by atoms with Crippen LogP contribution in [0.5, 0.6) is 0 Å². The van der Waals surface area contributed by atoms with Gasteiger partial charge in [-0.1, -0.05) is 11.6 Å². The van der Waals surface area contributed by atoms with Crippen LogP contribution in [0, 0.1) is 5.92 Å². The van der Waals surface area contributed by atoms with E-state index < -0.39 is 0 Å². The number of rotatable bonds is 4. The molecule has 1 aromatic heterocycles. The monoisotopic (exact) mass is 227 g/mol. The van der Waals surface area contributed by atoms with Crippen molar-refractivity contribution in [1.82, 2.24) is 15.5 Å². The van der Waals surface area contributed by atoms with Gasteiger partial charge >= 0.3 is 0 Å². The molecule has 0 bridgehead atoms. The summed E-state index contributed by atoms with van der Waals surface area (Å²) in [6, 6.07) is 3.56. The molecule has 0 aliphatic carbocycles. The number of nitrogens with one attached hydrogen (secondary N) is 1. The largest absolute Gasteiger partial charge is 0.375 e. The highest BCUT2D eigenvalue weighted by Gasteiger charge is 2.14. The molecule has 0 saturated carbocycles. The second kappa shape index (κ2) is 5.39. The predicted octanol–water partition coefficient (Wildman–Crippen LogP) is 1.26. The van der Waals surface area contributed by atoms with Crippen LogP contribution in [0.2, 0.25) is 5.15 Å². The number of halogens is 1. The van der Waals surface area contributed by atoms with Crippen LogP contribution in [0.15, 0.2) is 12.1 Å². The molecular weight excluding hydrogens is 214 g/mol. The molecule has 0 aromatic carbocycles. The van der Waals surface area contributed by atoms with Gasteiger partial charge in [-0.2, -0.15) is 5.10 Å². The van der Waals surface area contributed by atoms with Gasteiger partial charge in [-0.3, -0.25) is 0 Å². The minimum absolute atomic E-state index is 0.416. The summed E-state index contributed by atoms with van der Waals surface area (Å²) in [5.74, 6) is 0.644. The zero-order valence-corrected chi connectivity index (χ0v) is 9.20. The molecule has 82 valence electrons. The first kappa shape index (κ1) is 10.8. The fourth-order valence-corrected chi connectivity index (χ4v) is 1.71. The van der Waals surface area contributed by atoms with E-state index in [1.165, 1.54) is 6.42 Å². The molecule has 0 radical (unpaired) electrons. The van der Waals surface area contributed by atoms with Crippen LogP contribution < -0.4 is 5.32 Å². The summed E-state index contributed by atoms with van der Waals surface area (Å²) in [4.78, 5) is 0. The minimum Gasteiger partial charge on any atom is -0.375 e. The van der Waals surface area contributed by atoms with E-state index in [4.69, 9.17) is 16.3 Å². The van der Waals surface area contributed by atoms with E-state index in [0.717, 1.165) is 25.4 Å². The predicted molar refractivity (Wildman–Crippen MR) is 57.7 cm³/mol. The quantitative estimate of drug-likeness (QED) is 0.841. The van der Waals surface area contributed by atoms with Gasteiger partial charge in [0, 0.05) is 6.54 Å². The van der Waals surface area contributed by atoms with Crippen molar-refractivity contribution in [3.8, 4) is 0 Å². The molecule has 1 aliphatic rings. The molecule has 1 unspecified atom stereocenters. The molecule has 1 atom stereocenters. The molecule has 1 fully saturated rings. The first-order chi connectivity index (χ1) is 7.34. The summed E-state index contributed by atoms with van der Waals surface area (Å²) in [7, 11) is 0. The Morgan fingerprint density at radius 2 is 2.40 bits per heavy atom. The van der Waals surface area contributed by atoms with Crippen molar-refractivity contribution in [2.45, 2.75) is 13.0 Å². The van der Waals surface area contributed by atoms with Gasteiger partial charge < -0.3 is 10.1 Å². The SMILES string of the molecule is Clc1ccc(COCC2CCNC2)nn1. The third kappa shape index (κ3) is 3.41. The molecule has 15 heavy (non-hydrogen) atoms. The van der Waals surface area contributed by atoms with E-state index >= 15 is 0 Å². The van der Waals surface area contributed by atoms with Crippen LogP contribution in [0.25, 0.3) is 0 Å². The first-order valence-corrected chi connectivity index (χ1v) is 5.49. The topological polar surface area (TPSA) is 47.0 Å². The highest BCUT2D eigenvalue weighted by atomic mass is 35.5. The van der Waals surface area contributed by atoms with E-state index in [1.807, 2.05) is 6.07 Å². The van der Waals surface area contributed by atoms with E-state index in [-0.39, 0.29) is 0 Å². The van der Waals surface area contributed by atoms with E-state index in [0.29, 0.717) is 17.7 Å². The van der Waals surface area contributed by atoms with Crippen molar-refractivity contribution >= 4 is 11.6 Å². The van der Waals surface area contributed by atoms with Crippen molar-refractivity contribution in [3.05, 3.63) is 23.0 Å². The highest BCUT2D eigenvalue weighted by Crippen LogP contribution is 2.09. The van der Waals surface area contributed by atoms with Gasteiger partial charge in [0.1, 0.15) is 0 Å². The van der Waals surface area contributed by atoms with Gasteiger partial charge in [0.15, 0.2) is 5.15 Å². The second-order valence-electron chi connectivity index (χ2n) is 3.72. The number of nitrogens with zero attached hydrogens (tertiary/aromatic N) is 2. The normalized spacial score (nSPS) is 20.7. The van der Waals surface area contributed by atoms with Gasteiger partial charge in [-0.25, -0.2) is 0 Å². The number of hydrogen-bond acceptors (Lipinski definition) is 4. The molecule has 1 saturated heterocycles. The first-order valence-electron chi connectivity index (χ1n) is 5.11. The smallest absolute Gasteiger partial charge is 0.151 e. The average Bonchev–Trinajstić information content (AvgIpc) is 2.74. The molecule has 2 heterocycles. The van der Waals surface area contributed by atoms with Crippen molar-refractivity contribution < 1.29 is 4.74 Å². The lowest BCUT2D eigenvalue weighted by Gasteiger charge is -2.08. The molecule has 5 heteroatoms. The Morgan fingerprint density at radius 3 is 3.07 bits per heavy atom. The molecule has 2 rings (SSSR count). The van der Waals surface area contributed by atoms with Gasteiger partial charge in [0.05, 0.1) is 18.9 Å². The lowest BCUT2D eigenvalue weighted by atomic mass is 10.1. The van der Waals surface area contributed by atoms with Gasteiger partial charge in [-0.05, 0) is 31.0 Å². The molecule has 4 nitrogen and oxygen atoms in total. The number of ether oxygens (including phenoxy) is 1. The fraction of sp³-hybridized carbons (Fsp3) is 0.600. The lowest BCUT2D eigenvalue weighted by molar-refractivity contribution is 0.0898. The Balaban J connectivity index is 1.71. The van der Waals surface area contributed by atoms with Crippen LogP contribution in [-0.2, 0) is 11.3 Å². The lowest BCUT2D eigenvalue weighted by Crippen LogP contribution is -2.14. The van der Waals surface area contributed by atoms with Crippen LogP contribution in [0.4, 0.5) is 0 Å². The van der Waals surface area contributed by atoms with Crippen LogP contribution in [0.3, 0.4) is 0 Å². The van der Waals surface area contributed by atoms with Crippen LogP contribution >= 0.6 is 11.6 Å². The van der Waals surface area contributed by atoms with Gasteiger partial charge in [0.25, 0.3) is 0 Å².